The van der Waals surface area contributed by atoms with E-state index in [1.807, 2.05) is 19.1 Å². The lowest BCUT2D eigenvalue weighted by Gasteiger charge is -2.10. The average molecular weight is 295 g/mol. The Kier molecular flexibility index (Phi) is 3.87. The molecule has 0 unspecified atom stereocenters. The zero-order valence-corrected chi connectivity index (χ0v) is 12.4. The molecule has 2 N–H and O–H groups in total. The van der Waals surface area contributed by atoms with E-state index in [-0.39, 0.29) is 17.3 Å². The highest BCUT2D eigenvalue weighted by molar-refractivity contribution is 7.92. The molecule has 1 heterocycles. The highest BCUT2D eigenvalue weighted by atomic mass is 32.2. The van der Waals surface area contributed by atoms with Gasteiger partial charge in [0.2, 0.25) is 0 Å². The van der Waals surface area contributed by atoms with Crippen LogP contribution in [0.5, 0.6) is 0 Å². The number of anilines is 1. The highest BCUT2D eigenvalue weighted by Crippen LogP contribution is 2.29. The van der Waals surface area contributed by atoms with Gasteiger partial charge in [0, 0.05) is 5.56 Å². The molecule has 2 aromatic rings. The van der Waals surface area contributed by atoms with Gasteiger partial charge in [-0.05, 0) is 32.4 Å². The first kappa shape index (κ1) is 14.6. The van der Waals surface area contributed by atoms with Crippen LogP contribution < -0.4 is 4.72 Å². The average Bonchev–Trinajstić information content (AvgIpc) is 2.67. The van der Waals surface area contributed by atoms with E-state index in [1.54, 1.807) is 26.0 Å². The zero-order valence-electron chi connectivity index (χ0n) is 11.6. The van der Waals surface area contributed by atoms with Crippen LogP contribution in [0.15, 0.2) is 33.6 Å². The Morgan fingerprint density at radius 2 is 1.80 bits per heavy atom. The molecule has 0 fully saturated rings. The number of hydrogen-bond acceptors (Lipinski definition) is 4. The largest absolute Gasteiger partial charge is 0.465 e. The maximum atomic E-state index is 12.5. The standard InChI is InChI=1S/C14H17NO4S/c1-9-6-4-5-7-13(9)15-20(17,18)14-11(3)19-10(2)12(14)8-16/h4-7,15-16H,8H2,1-3H3. The maximum Gasteiger partial charge on any atom is 0.265 e. The summed E-state index contributed by atoms with van der Waals surface area (Å²) in [6.45, 7) is 4.63. The van der Waals surface area contributed by atoms with Crippen molar-refractivity contribution in [3.05, 3.63) is 46.9 Å². The van der Waals surface area contributed by atoms with Gasteiger partial charge < -0.3 is 9.52 Å². The Labute approximate surface area is 118 Å². The molecule has 0 spiro atoms. The molecule has 0 aliphatic heterocycles. The van der Waals surface area contributed by atoms with Gasteiger partial charge in [0.05, 0.1) is 12.3 Å². The van der Waals surface area contributed by atoms with Crippen LogP contribution in [-0.2, 0) is 16.6 Å². The van der Waals surface area contributed by atoms with Gasteiger partial charge >= 0.3 is 0 Å². The molecule has 0 aliphatic rings. The molecule has 20 heavy (non-hydrogen) atoms. The van der Waals surface area contributed by atoms with Gasteiger partial charge in [-0.25, -0.2) is 8.42 Å². The number of rotatable bonds is 4. The van der Waals surface area contributed by atoms with Crippen molar-refractivity contribution < 1.29 is 17.9 Å². The van der Waals surface area contributed by atoms with E-state index >= 15 is 0 Å². The highest BCUT2D eigenvalue weighted by Gasteiger charge is 2.26. The van der Waals surface area contributed by atoms with Crippen LogP contribution >= 0.6 is 0 Å². The van der Waals surface area contributed by atoms with Crippen LogP contribution in [-0.4, -0.2) is 13.5 Å². The van der Waals surface area contributed by atoms with E-state index in [2.05, 4.69) is 4.72 Å². The summed E-state index contributed by atoms with van der Waals surface area (Å²) in [5, 5.41) is 9.34. The molecule has 1 aromatic heterocycles. The van der Waals surface area contributed by atoms with E-state index in [9.17, 15) is 13.5 Å². The Bertz CT molecular complexity index is 732. The molecule has 0 radical (unpaired) electrons. The van der Waals surface area contributed by atoms with Gasteiger partial charge in [-0.3, -0.25) is 4.72 Å². The lowest BCUT2D eigenvalue weighted by molar-refractivity contribution is 0.276. The van der Waals surface area contributed by atoms with Gasteiger partial charge in [-0.2, -0.15) is 0 Å². The molecule has 0 saturated carbocycles. The molecule has 0 aliphatic carbocycles. The number of sulfonamides is 1. The zero-order chi connectivity index (χ0) is 14.9. The number of aliphatic hydroxyl groups is 1. The van der Waals surface area contributed by atoms with E-state index in [0.717, 1.165) is 5.56 Å². The quantitative estimate of drug-likeness (QED) is 0.908. The number of aliphatic hydroxyl groups excluding tert-OH is 1. The van der Waals surface area contributed by atoms with Crippen molar-refractivity contribution in [1.82, 2.24) is 0 Å². The Morgan fingerprint density at radius 3 is 2.40 bits per heavy atom. The molecule has 0 saturated heterocycles. The second kappa shape index (κ2) is 5.30. The molecule has 6 heteroatoms. The fourth-order valence-corrected chi connectivity index (χ4v) is 3.70. The first-order chi connectivity index (χ1) is 9.36. The number of furan rings is 1. The van der Waals surface area contributed by atoms with Crippen molar-refractivity contribution in [2.24, 2.45) is 0 Å². The van der Waals surface area contributed by atoms with E-state index < -0.39 is 10.0 Å². The van der Waals surface area contributed by atoms with E-state index in [4.69, 9.17) is 4.42 Å². The molecular weight excluding hydrogens is 278 g/mol. The molecule has 0 amide bonds. The lowest BCUT2D eigenvalue weighted by Crippen LogP contribution is -2.16. The van der Waals surface area contributed by atoms with Crippen LogP contribution in [0.4, 0.5) is 5.69 Å². The summed E-state index contributed by atoms with van der Waals surface area (Å²) in [5.41, 5.74) is 1.62. The van der Waals surface area contributed by atoms with Gasteiger partial charge in [-0.1, -0.05) is 18.2 Å². The monoisotopic (exact) mass is 295 g/mol. The summed E-state index contributed by atoms with van der Waals surface area (Å²) < 4.78 is 32.8. The lowest BCUT2D eigenvalue weighted by atomic mass is 10.2. The number of nitrogens with one attached hydrogen (secondary N) is 1. The molecule has 2 rings (SSSR count). The minimum absolute atomic E-state index is 0.0146. The third-order valence-electron chi connectivity index (χ3n) is 3.14. The summed E-state index contributed by atoms with van der Waals surface area (Å²) >= 11 is 0. The van der Waals surface area contributed by atoms with Crippen molar-refractivity contribution in [2.45, 2.75) is 32.3 Å². The fourth-order valence-electron chi connectivity index (χ4n) is 2.13. The van der Waals surface area contributed by atoms with Gasteiger partial charge in [0.15, 0.2) is 0 Å². The Morgan fingerprint density at radius 1 is 1.15 bits per heavy atom. The maximum absolute atomic E-state index is 12.5. The predicted octanol–water partition coefficient (Wildman–Crippen LogP) is 2.50. The van der Waals surface area contributed by atoms with Crippen LogP contribution in [0.1, 0.15) is 22.6 Å². The van der Waals surface area contributed by atoms with Gasteiger partial charge in [-0.15, -0.1) is 0 Å². The summed E-state index contributed by atoms with van der Waals surface area (Å²) in [5.74, 6) is 0.683. The van der Waals surface area contributed by atoms with E-state index in [1.165, 1.54) is 0 Å². The normalized spacial score (nSPS) is 11.6. The summed E-state index contributed by atoms with van der Waals surface area (Å²) in [6, 6.07) is 7.09. The summed E-state index contributed by atoms with van der Waals surface area (Å²) in [4.78, 5) is 0.0146. The number of aryl methyl sites for hydroxylation is 3. The smallest absolute Gasteiger partial charge is 0.265 e. The topological polar surface area (TPSA) is 79.5 Å². The number of hydrogen-bond donors (Lipinski definition) is 2. The first-order valence-electron chi connectivity index (χ1n) is 6.15. The fraction of sp³-hybridized carbons (Fsp3) is 0.286. The van der Waals surface area contributed by atoms with Crippen molar-refractivity contribution in [3.63, 3.8) is 0 Å². The Balaban J connectivity index is 2.49. The number of benzene rings is 1. The number of para-hydroxylation sites is 1. The summed E-state index contributed by atoms with van der Waals surface area (Å²) in [6.07, 6.45) is 0. The van der Waals surface area contributed by atoms with Crippen molar-refractivity contribution in [2.75, 3.05) is 4.72 Å². The molecule has 1 aromatic carbocycles. The van der Waals surface area contributed by atoms with Crippen LogP contribution in [0.2, 0.25) is 0 Å². The summed E-state index contributed by atoms with van der Waals surface area (Å²) in [7, 11) is -3.79. The predicted molar refractivity (Wildman–Crippen MR) is 76.1 cm³/mol. The first-order valence-corrected chi connectivity index (χ1v) is 7.63. The van der Waals surface area contributed by atoms with Crippen molar-refractivity contribution in [3.8, 4) is 0 Å². The minimum Gasteiger partial charge on any atom is -0.465 e. The van der Waals surface area contributed by atoms with Gasteiger partial charge in [0.25, 0.3) is 10.0 Å². The third kappa shape index (κ3) is 2.57. The van der Waals surface area contributed by atoms with Crippen LogP contribution in [0.3, 0.4) is 0 Å². The second-order valence-corrected chi connectivity index (χ2v) is 6.22. The SMILES string of the molecule is Cc1ccccc1NS(=O)(=O)c1c(C)oc(C)c1CO. The minimum atomic E-state index is -3.79. The third-order valence-corrected chi connectivity index (χ3v) is 4.70. The van der Waals surface area contributed by atoms with Crippen molar-refractivity contribution in [1.29, 1.82) is 0 Å². The molecule has 0 atom stereocenters. The van der Waals surface area contributed by atoms with Crippen LogP contribution in [0.25, 0.3) is 0 Å². The molecule has 0 bridgehead atoms. The molecule has 5 nitrogen and oxygen atoms in total. The molecular formula is C14H17NO4S. The Hall–Kier alpha value is -1.79. The van der Waals surface area contributed by atoms with Crippen molar-refractivity contribution >= 4 is 15.7 Å². The second-order valence-electron chi connectivity index (χ2n) is 4.60. The van der Waals surface area contributed by atoms with E-state index in [0.29, 0.717) is 17.0 Å². The van der Waals surface area contributed by atoms with Gasteiger partial charge in [0.1, 0.15) is 16.4 Å². The molecule has 108 valence electrons. The van der Waals surface area contributed by atoms with Crippen LogP contribution in [0, 0.1) is 20.8 Å².